The number of hydrogen-bond donors (Lipinski definition) is 0. The van der Waals surface area contributed by atoms with E-state index in [4.69, 9.17) is 14.7 Å². The summed E-state index contributed by atoms with van der Waals surface area (Å²) < 4.78 is 9.92. The molecule has 0 amide bonds. The summed E-state index contributed by atoms with van der Waals surface area (Å²) in [5, 5.41) is 8.68. The van der Waals surface area contributed by atoms with Crippen molar-refractivity contribution in [2.75, 3.05) is 14.2 Å². The molecule has 0 N–H and O–H groups in total. The van der Waals surface area contributed by atoms with E-state index in [1.54, 1.807) is 14.2 Å². The van der Waals surface area contributed by atoms with Crippen LogP contribution in [0, 0.1) is 17.2 Å². The summed E-state index contributed by atoms with van der Waals surface area (Å²) in [5.41, 5.74) is 0. The van der Waals surface area contributed by atoms with Gasteiger partial charge in [0, 0.05) is 14.2 Å². The maximum absolute atomic E-state index is 8.68. The standard InChI is InChI=1S/C8H15NO2/c1-4-5-7(6-9)8(10-2)11-3/h7-8H,4-5H2,1-3H3. The number of ether oxygens (including phenoxy) is 2. The van der Waals surface area contributed by atoms with Gasteiger partial charge in [0.2, 0.25) is 0 Å². The molecule has 1 unspecified atom stereocenters. The average molecular weight is 157 g/mol. The lowest BCUT2D eigenvalue weighted by atomic mass is 10.1. The van der Waals surface area contributed by atoms with Crippen molar-refractivity contribution in [1.82, 2.24) is 0 Å². The van der Waals surface area contributed by atoms with Gasteiger partial charge in [0.25, 0.3) is 0 Å². The molecule has 0 radical (unpaired) electrons. The second-order valence-electron chi connectivity index (χ2n) is 2.36. The molecule has 0 aliphatic rings. The zero-order valence-electron chi connectivity index (χ0n) is 7.33. The van der Waals surface area contributed by atoms with Crippen LogP contribution in [0.4, 0.5) is 0 Å². The van der Waals surface area contributed by atoms with Crippen molar-refractivity contribution in [3.63, 3.8) is 0 Å². The van der Waals surface area contributed by atoms with Gasteiger partial charge in [-0.25, -0.2) is 0 Å². The van der Waals surface area contributed by atoms with Gasteiger partial charge in [-0.05, 0) is 6.42 Å². The minimum absolute atomic E-state index is 0.144. The normalized spacial score (nSPS) is 13.0. The fourth-order valence-corrected chi connectivity index (χ4v) is 0.997. The topological polar surface area (TPSA) is 42.2 Å². The maximum Gasteiger partial charge on any atom is 0.172 e. The fraction of sp³-hybridized carbons (Fsp3) is 0.875. The molecule has 0 bridgehead atoms. The first-order valence-corrected chi connectivity index (χ1v) is 3.75. The van der Waals surface area contributed by atoms with Crippen LogP contribution in [0.15, 0.2) is 0 Å². The highest BCUT2D eigenvalue weighted by atomic mass is 16.7. The highest BCUT2D eigenvalue weighted by Gasteiger charge is 2.18. The Morgan fingerprint density at radius 1 is 1.36 bits per heavy atom. The van der Waals surface area contributed by atoms with Crippen LogP contribution < -0.4 is 0 Å². The molecular weight excluding hydrogens is 142 g/mol. The summed E-state index contributed by atoms with van der Waals surface area (Å²) in [4.78, 5) is 0. The quantitative estimate of drug-likeness (QED) is 0.568. The van der Waals surface area contributed by atoms with Gasteiger partial charge in [-0.2, -0.15) is 5.26 Å². The monoisotopic (exact) mass is 157 g/mol. The van der Waals surface area contributed by atoms with E-state index in [1.807, 2.05) is 6.92 Å². The summed E-state index contributed by atoms with van der Waals surface area (Å²) in [6.45, 7) is 2.03. The van der Waals surface area contributed by atoms with Crippen LogP contribution in [0.5, 0.6) is 0 Å². The average Bonchev–Trinajstić information content (AvgIpc) is 2.05. The Bertz CT molecular complexity index is 127. The Hall–Kier alpha value is -0.590. The predicted molar refractivity (Wildman–Crippen MR) is 41.8 cm³/mol. The minimum Gasteiger partial charge on any atom is -0.355 e. The Balaban J connectivity index is 3.89. The predicted octanol–water partition coefficient (Wildman–Crippen LogP) is 1.55. The minimum atomic E-state index is -0.375. The van der Waals surface area contributed by atoms with Gasteiger partial charge in [-0.15, -0.1) is 0 Å². The zero-order chi connectivity index (χ0) is 8.69. The Morgan fingerprint density at radius 3 is 2.18 bits per heavy atom. The van der Waals surface area contributed by atoms with E-state index in [0.717, 1.165) is 12.8 Å². The lowest BCUT2D eigenvalue weighted by Crippen LogP contribution is -2.23. The molecule has 64 valence electrons. The number of hydrogen-bond acceptors (Lipinski definition) is 3. The molecule has 0 fully saturated rings. The molecule has 0 saturated heterocycles. The van der Waals surface area contributed by atoms with Crippen LogP contribution in [-0.4, -0.2) is 20.5 Å². The van der Waals surface area contributed by atoms with Crippen molar-refractivity contribution >= 4 is 0 Å². The third kappa shape index (κ3) is 3.35. The summed E-state index contributed by atoms with van der Waals surface area (Å²) in [7, 11) is 3.10. The van der Waals surface area contributed by atoms with Crippen molar-refractivity contribution in [2.24, 2.45) is 5.92 Å². The number of rotatable bonds is 5. The molecule has 0 rings (SSSR count). The molecule has 1 atom stereocenters. The van der Waals surface area contributed by atoms with Crippen molar-refractivity contribution in [3.05, 3.63) is 0 Å². The van der Waals surface area contributed by atoms with Gasteiger partial charge in [-0.1, -0.05) is 13.3 Å². The van der Waals surface area contributed by atoms with E-state index in [9.17, 15) is 0 Å². The smallest absolute Gasteiger partial charge is 0.172 e. The molecule has 3 nitrogen and oxygen atoms in total. The summed E-state index contributed by atoms with van der Waals surface area (Å²) in [6, 6.07) is 2.15. The molecule has 0 heterocycles. The summed E-state index contributed by atoms with van der Waals surface area (Å²) in [6.07, 6.45) is 1.42. The van der Waals surface area contributed by atoms with Gasteiger partial charge < -0.3 is 9.47 Å². The molecule has 0 aliphatic heterocycles. The van der Waals surface area contributed by atoms with Crippen molar-refractivity contribution in [2.45, 2.75) is 26.1 Å². The highest BCUT2D eigenvalue weighted by Crippen LogP contribution is 2.13. The lowest BCUT2D eigenvalue weighted by molar-refractivity contribution is -0.126. The first-order chi connectivity index (χ1) is 5.29. The number of nitrogens with zero attached hydrogens (tertiary/aromatic N) is 1. The van der Waals surface area contributed by atoms with E-state index >= 15 is 0 Å². The van der Waals surface area contributed by atoms with Gasteiger partial charge in [0.15, 0.2) is 6.29 Å². The van der Waals surface area contributed by atoms with Gasteiger partial charge in [-0.3, -0.25) is 0 Å². The molecule has 0 spiro atoms. The van der Waals surface area contributed by atoms with Crippen LogP contribution in [0.2, 0.25) is 0 Å². The van der Waals surface area contributed by atoms with E-state index in [1.165, 1.54) is 0 Å². The third-order valence-corrected chi connectivity index (χ3v) is 1.56. The lowest BCUT2D eigenvalue weighted by Gasteiger charge is -2.17. The Kier molecular flexibility index (Phi) is 5.81. The SMILES string of the molecule is CCCC(C#N)C(OC)OC. The van der Waals surface area contributed by atoms with Crippen molar-refractivity contribution in [1.29, 1.82) is 5.26 Å². The van der Waals surface area contributed by atoms with Crippen molar-refractivity contribution in [3.8, 4) is 6.07 Å². The molecule has 0 aromatic heterocycles. The van der Waals surface area contributed by atoms with E-state index in [2.05, 4.69) is 6.07 Å². The van der Waals surface area contributed by atoms with Crippen LogP contribution in [0.1, 0.15) is 19.8 Å². The van der Waals surface area contributed by atoms with Gasteiger partial charge in [0.1, 0.15) is 0 Å². The third-order valence-electron chi connectivity index (χ3n) is 1.56. The second-order valence-corrected chi connectivity index (χ2v) is 2.36. The highest BCUT2D eigenvalue weighted by molar-refractivity contribution is 4.84. The van der Waals surface area contributed by atoms with Crippen LogP contribution in [-0.2, 0) is 9.47 Å². The van der Waals surface area contributed by atoms with Crippen LogP contribution >= 0.6 is 0 Å². The maximum atomic E-state index is 8.68. The number of nitriles is 1. The van der Waals surface area contributed by atoms with Crippen LogP contribution in [0.3, 0.4) is 0 Å². The summed E-state index contributed by atoms with van der Waals surface area (Å²) >= 11 is 0. The Labute approximate surface area is 67.9 Å². The molecule has 0 saturated carbocycles. The van der Waals surface area contributed by atoms with Crippen molar-refractivity contribution < 1.29 is 9.47 Å². The van der Waals surface area contributed by atoms with Gasteiger partial charge >= 0.3 is 0 Å². The fourth-order valence-electron chi connectivity index (χ4n) is 0.997. The van der Waals surface area contributed by atoms with Gasteiger partial charge in [0.05, 0.1) is 12.0 Å². The first-order valence-electron chi connectivity index (χ1n) is 3.75. The van der Waals surface area contributed by atoms with Crippen LogP contribution in [0.25, 0.3) is 0 Å². The van der Waals surface area contributed by atoms with E-state index in [0.29, 0.717) is 0 Å². The summed E-state index contributed by atoms with van der Waals surface area (Å²) in [5.74, 6) is -0.144. The number of methoxy groups -OCH3 is 2. The molecular formula is C8H15NO2. The Morgan fingerprint density at radius 2 is 1.91 bits per heavy atom. The van der Waals surface area contributed by atoms with E-state index in [-0.39, 0.29) is 12.2 Å². The largest absolute Gasteiger partial charge is 0.355 e. The molecule has 11 heavy (non-hydrogen) atoms. The molecule has 3 heteroatoms. The molecule has 0 aliphatic carbocycles. The first kappa shape index (κ1) is 10.4. The molecule has 0 aromatic carbocycles. The molecule has 0 aromatic rings. The van der Waals surface area contributed by atoms with E-state index < -0.39 is 0 Å². The second kappa shape index (κ2) is 6.14. The zero-order valence-corrected chi connectivity index (χ0v) is 7.33.